The summed E-state index contributed by atoms with van der Waals surface area (Å²) in [7, 11) is 0. The van der Waals surface area contributed by atoms with Gasteiger partial charge in [-0.2, -0.15) is 0 Å². The van der Waals surface area contributed by atoms with Crippen LogP contribution in [-0.2, 0) is 0 Å². The van der Waals surface area contributed by atoms with Crippen LogP contribution in [0.2, 0.25) is 0 Å². The summed E-state index contributed by atoms with van der Waals surface area (Å²) in [5, 5.41) is 11.8. The van der Waals surface area contributed by atoms with Crippen LogP contribution in [0, 0.1) is 0 Å². The van der Waals surface area contributed by atoms with Gasteiger partial charge in [0.05, 0.1) is 0 Å². The van der Waals surface area contributed by atoms with Crippen LogP contribution in [0.4, 0.5) is 0 Å². The Labute approximate surface area is 61.6 Å². The molecule has 1 unspecified atom stereocenters. The van der Waals surface area contributed by atoms with Crippen LogP contribution in [-0.4, -0.2) is 30.3 Å². The van der Waals surface area contributed by atoms with Crippen LogP contribution in [0.3, 0.4) is 0 Å². The first kappa shape index (κ1) is 7.98. The molecule has 3 heteroatoms. The number of nitrogens with one attached hydrogen (secondary N) is 1. The van der Waals surface area contributed by atoms with Crippen molar-refractivity contribution in [2.45, 2.75) is 31.3 Å². The number of hydrogen-bond donors (Lipinski definition) is 3. The molecular weight excluding hydrogens is 128 g/mol. The number of hydrogen-bond acceptors (Lipinski definition) is 3. The summed E-state index contributed by atoms with van der Waals surface area (Å²) in [4.78, 5) is 0. The third kappa shape index (κ3) is 3.15. The van der Waals surface area contributed by atoms with Gasteiger partial charge in [0.2, 0.25) is 0 Å². The lowest BCUT2D eigenvalue weighted by atomic mass is 10.2. The van der Waals surface area contributed by atoms with Crippen LogP contribution in [0.1, 0.15) is 19.3 Å². The van der Waals surface area contributed by atoms with E-state index in [-0.39, 0.29) is 12.6 Å². The molecular formula is C7H16N2O. The van der Waals surface area contributed by atoms with Gasteiger partial charge in [0, 0.05) is 25.2 Å². The molecule has 0 bridgehead atoms. The molecule has 0 heterocycles. The molecule has 60 valence electrons. The van der Waals surface area contributed by atoms with Crippen LogP contribution < -0.4 is 11.1 Å². The van der Waals surface area contributed by atoms with Crippen LogP contribution in [0.25, 0.3) is 0 Å². The molecule has 0 amide bonds. The van der Waals surface area contributed by atoms with Crippen LogP contribution in [0.15, 0.2) is 0 Å². The van der Waals surface area contributed by atoms with Crippen LogP contribution >= 0.6 is 0 Å². The smallest absolute Gasteiger partial charge is 0.0446 e. The van der Waals surface area contributed by atoms with Crippen molar-refractivity contribution in [3.8, 4) is 0 Å². The Kier molecular flexibility index (Phi) is 3.12. The third-order valence-corrected chi connectivity index (χ3v) is 1.75. The van der Waals surface area contributed by atoms with E-state index in [9.17, 15) is 0 Å². The molecule has 1 saturated carbocycles. The number of aliphatic hydroxyl groups is 1. The van der Waals surface area contributed by atoms with Gasteiger partial charge in [0.15, 0.2) is 0 Å². The highest BCUT2D eigenvalue weighted by Gasteiger charge is 2.20. The Hall–Kier alpha value is -0.120. The zero-order valence-corrected chi connectivity index (χ0v) is 6.21. The first-order valence-electron chi connectivity index (χ1n) is 3.92. The van der Waals surface area contributed by atoms with Crippen molar-refractivity contribution in [1.29, 1.82) is 0 Å². The Morgan fingerprint density at radius 3 is 2.80 bits per heavy atom. The Bertz CT molecular complexity index is 93.6. The van der Waals surface area contributed by atoms with E-state index in [0.717, 1.165) is 12.6 Å². The maximum Gasteiger partial charge on any atom is 0.0446 e. The van der Waals surface area contributed by atoms with Crippen molar-refractivity contribution in [3.05, 3.63) is 0 Å². The van der Waals surface area contributed by atoms with E-state index >= 15 is 0 Å². The summed E-state index contributed by atoms with van der Waals surface area (Å²) >= 11 is 0. The fraction of sp³-hybridized carbons (Fsp3) is 1.00. The highest BCUT2D eigenvalue weighted by Crippen LogP contribution is 2.18. The number of nitrogens with two attached hydrogens (primary N) is 1. The standard InChI is InChI=1S/C7H16N2O/c8-6(3-4-10)5-9-7-1-2-7/h6-7,9-10H,1-5,8H2. The summed E-state index contributed by atoms with van der Waals surface area (Å²) in [5.74, 6) is 0. The average Bonchev–Trinajstić information content (AvgIpc) is 2.67. The predicted molar refractivity (Wildman–Crippen MR) is 40.7 cm³/mol. The topological polar surface area (TPSA) is 58.3 Å². The minimum absolute atomic E-state index is 0.130. The fourth-order valence-electron chi connectivity index (χ4n) is 0.873. The monoisotopic (exact) mass is 144 g/mol. The molecule has 0 radical (unpaired) electrons. The quantitative estimate of drug-likeness (QED) is 0.485. The van der Waals surface area contributed by atoms with Crippen molar-refractivity contribution in [2.24, 2.45) is 5.73 Å². The van der Waals surface area contributed by atoms with Gasteiger partial charge < -0.3 is 16.2 Å². The molecule has 0 spiro atoms. The zero-order chi connectivity index (χ0) is 7.40. The van der Waals surface area contributed by atoms with Gasteiger partial charge >= 0.3 is 0 Å². The van der Waals surface area contributed by atoms with Crippen molar-refractivity contribution < 1.29 is 5.11 Å². The Balaban J connectivity index is 1.89. The van der Waals surface area contributed by atoms with E-state index < -0.39 is 0 Å². The van der Waals surface area contributed by atoms with Gasteiger partial charge in [0.1, 0.15) is 0 Å². The van der Waals surface area contributed by atoms with Gasteiger partial charge in [-0.05, 0) is 19.3 Å². The maximum atomic E-state index is 8.51. The second-order valence-corrected chi connectivity index (χ2v) is 2.95. The highest BCUT2D eigenvalue weighted by molar-refractivity contribution is 4.82. The van der Waals surface area contributed by atoms with Gasteiger partial charge in [-0.25, -0.2) is 0 Å². The molecule has 0 aromatic heterocycles. The summed E-state index contributed by atoms with van der Waals surface area (Å²) < 4.78 is 0. The van der Waals surface area contributed by atoms with E-state index in [1.54, 1.807) is 0 Å². The average molecular weight is 144 g/mol. The summed E-state index contributed by atoms with van der Waals surface area (Å²) in [6.45, 7) is 1.05. The van der Waals surface area contributed by atoms with Crippen molar-refractivity contribution >= 4 is 0 Å². The van der Waals surface area contributed by atoms with E-state index in [1.165, 1.54) is 12.8 Å². The van der Waals surface area contributed by atoms with Gasteiger partial charge in [-0.3, -0.25) is 0 Å². The Morgan fingerprint density at radius 2 is 2.30 bits per heavy atom. The number of rotatable bonds is 5. The minimum Gasteiger partial charge on any atom is -0.396 e. The molecule has 0 aromatic rings. The summed E-state index contributed by atoms with van der Waals surface area (Å²) in [5.41, 5.74) is 5.64. The second kappa shape index (κ2) is 3.91. The van der Waals surface area contributed by atoms with Gasteiger partial charge in [-0.1, -0.05) is 0 Å². The van der Waals surface area contributed by atoms with Gasteiger partial charge in [-0.15, -0.1) is 0 Å². The fourth-order valence-corrected chi connectivity index (χ4v) is 0.873. The highest BCUT2D eigenvalue weighted by atomic mass is 16.3. The lowest BCUT2D eigenvalue weighted by Gasteiger charge is -2.09. The Morgan fingerprint density at radius 1 is 1.60 bits per heavy atom. The molecule has 0 aliphatic heterocycles. The molecule has 1 aliphatic rings. The molecule has 1 atom stereocenters. The zero-order valence-electron chi connectivity index (χ0n) is 6.21. The van der Waals surface area contributed by atoms with E-state index in [1.807, 2.05) is 0 Å². The lowest BCUT2D eigenvalue weighted by molar-refractivity contribution is 0.274. The normalized spacial score (nSPS) is 21.0. The van der Waals surface area contributed by atoms with E-state index in [2.05, 4.69) is 5.32 Å². The first-order valence-corrected chi connectivity index (χ1v) is 3.92. The molecule has 10 heavy (non-hydrogen) atoms. The molecule has 0 aromatic carbocycles. The maximum absolute atomic E-state index is 8.51. The van der Waals surface area contributed by atoms with Gasteiger partial charge in [0.25, 0.3) is 0 Å². The van der Waals surface area contributed by atoms with Crippen molar-refractivity contribution in [2.75, 3.05) is 13.2 Å². The molecule has 1 fully saturated rings. The largest absolute Gasteiger partial charge is 0.396 e. The molecule has 1 rings (SSSR count). The third-order valence-electron chi connectivity index (χ3n) is 1.75. The van der Waals surface area contributed by atoms with E-state index in [4.69, 9.17) is 10.8 Å². The summed E-state index contributed by atoms with van der Waals surface area (Å²) in [6.07, 6.45) is 3.30. The van der Waals surface area contributed by atoms with E-state index in [0.29, 0.717) is 6.42 Å². The second-order valence-electron chi connectivity index (χ2n) is 2.95. The summed E-state index contributed by atoms with van der Waals surface area (Å²) in [6, 6.07) is 0.857. The molecule has 4 N–H and O–H groups in total. The van der Waals surface area contributed by atoms with Crippen LogP contribution in [0.5, 0.6) is 0 Å². The molecule has 0 saturated heterocycles. The number of aliphatic hydroxyl groups excluding tert-OH is 1. The van der Waals surface area contributed by atoms with Crippen molar-refractivity contribution in [1.82, 2.24) is 5.32 Å². The molecule has 3 nitrogen and oxygen atoms in total. The first-order chi connectivity index (χ1) is 4.83. The van der Waals surface area contributed by atoms with Crippen molar-refractivity contribution in [3.63, 3.8) is 0 Å². The lowest BCUT2D eigenvalue weighted by Crippen LogP contribution is -2.35. The SMILES string of the molecule is NC(CCO)CNC1CC1. The molecule has 1 aliphatic carbocycles. The predicted octanol–water partition coefficient (Wildman–Crippen LogP) is -0.552. The minimum atomic E-state index is 0.130.